The minimum Gasteiger partial charge on any atom is -0.496 e. The van der Waals surface area contributed by atoms with Gasteiger partial charge >= 0.3 is 0 Å². The molecule has 0 saturated heterocycles. The van der Waals surface area contributed by atoms with Crippen LogP contribution in [0.1, 0.15) is 17.0 Å². The highest BCUT2D eigenvalue weighted by Crippen LogP contribution is 2.18. The van der Waals surface area contributed by atoms with Crippen molar-refractivity contribution >= 4 is 11.6 Å². The van der Waals surface area contributed by atoms with Crippen molar-refractivity contribution in [2.75, 3.05) is 14.2 Å². The van der Waals surface area contributed by atoms with Gasteiger partial charge in [-0.15, -0.1) is 10.2 Å². The fourth-order valence-corrected chi connectivity index (χ4v) is 2.63. The molecule has 1 aromatic carbocycles. The van der Waals surface area contributed by atoms with Crippen molar-refractivity contribution in [3.63, 3.8) is 0 Å². The lowest BCUT2D eigenvalue weighted by atomic mass is 10.1. The molecule has 0 saturated carbocycles. The summed E-state index contributed by atoms with van der Waals surface area (Å²) in [5.74, 6) is 2.44. The maximum absolute atomic E-state index is 5.29. The van der Waals surface area contributed by atoms with Crippen LogP contribution in [-0.2, 0) is 13.1 Å². The highest BCUT2D eigenvalue weighted by atomic mass is 16.5. The molecule has 0 atom stereocenters. The second-order valence-electron chi connectivity index (χ2n) is 5.63. The van der Waals surface area contributed by atoms with Crippen molar-refractivity contribution in [1.82, 2.24) is 25.2 Å². The third-order valence-corrected chi connectivity index (χ3v) is 3.94. The third kappa shape index (κ3) is 3.88. The predicted octanol–water partition coefficient (Wildman–Crippen LogP) is 1.91. The Bertz CT molecular complexity index is 886. The number of nitrogens with one attached hydrogen (secondary N) is 2. The van der Waals surface area contributed by atoms with E-state index in [9.17, 15) is 0 Å². The molecule has 0 aliphatic heterocycles. The average molecular weight is 338 g/mol. The SMILES string of the molecule is CN=C(NCc1ccc(OC)c(C)c1)NCc1nnc2ccccn12. The Kier molecular flexibility index (Phi) is 5.13. The van der Waals surface area contributed by atoms with Crippen LogP contribution in [0, 0.1) is 6.92 Å². The molecular formula is C18H22N6O. The normalized spacial score (nSPS) is 11.6. The molecule has 0 radical (unpaired) electrons. The van der Waals surface area contributed by atoms with E-state index in [0.29, 0.717) is 19.0 Å². The van der Waals surface area contributed by atoms with Crippen LogP contribution in [0.4, 0.5) is 0 Å². The van der Waals surface area contributed by atoms with Crippen molar-refractivity contribution in [2.24, 2.45) is 4.99 Å². The van der Waals surface area contributed by atoms with Crippen LogP contribution < -0.4 is 15.4 Å². The maximum Gasteiger partial charge on any atom is 0.191 e. The van der Waals surface area contributed by atoms with Crippen LogP contribution in [0.5, 0.6) is 5.75 Å². The number of hydrogen-bond donors (Lipinski definition) is 2. The summed E-state index contributed by atoms with van der Waals surface area (Å²) in [5.41, 5.74) is 3.10. The molecule has 130 valence electrons. The number of aryl methyl sites for hydroxylation is 1. The molecule has 0 bridgehead atoms. The molecule has 2 heterocycles. The highest BCUT2D eigenvalue weighted by Gasteiger charge is 2.06. The number of nitrogens with zero attached hydrogens (tertiary/aromatic N) is 4. The van der Waals surface area contributed by atoms with Crippen molar-refractivity contribution < 1.29 is 4.74 Å². The van der Waals surface area contributed by atoms with Crippen LogP contribution in [0.3, 0.4) is 0 Å². The highest BCUT2D eigenvalue weighted by molar-refractivity contribution is 5.79. The number of ether oxygens (including phenoxy) is 1. The van der Waals surface area contributed by atoms with Crippen LogP contribution in [-0.4, -0.2) is 34.7 Å². The van der Waals surface area contributed by atoms with Crippen molar-refractivity contribution in [3.05, 3.63) is 59.5 Å². The number of guanidine groups is 1. The Labute approximate surface area is 146 Å². The van der Waals surface area contributed by atoms with Gasteiger partial charge in [-0.1, -0.05) is 18.2 Å². The van der Waals surface area contributed by atoms with Crippen molar-refractivity contribution in [2.45, 2.75) is 20.0 Å². The van der Waals surface area contributed by atoms with E-state index < -0.39 is 0 Å². The Balaban J connectivity index is 1.59. The van der Waals surface area contributed by atoms with Gasteiger partial charge in [0, 0.05) is 19.8 Å². The zero-order chi connectivity index (χ0) is 17.6. The molecular weight excluding hydrogens is 316 g/mol. The van der Waals surface area contributed by atoms with E-state index in [0.717, 1.165) is 28.3 Å². The first kappa shape index (κ1) is 16.8. The van der Waals surface area contributed by atoms with E-state index in [1.165, 1.54) is 0 Å². The number of benzene rings is 1. The minimum atomic E-state index is 0.534. The molecule has 2 aromatic heterocycles. The largest absolute Gasteiger partial charge is 0.496 e. The van der Waals surface area contributed by atoms with Gasteiger partial charge in [0.15, 0.2) is 17.4 Å². The van der Waals surface area contributed by atoms with E-state index in [4.69, 9.17) is 4.74 Å². The van der Waals surface area contributed by atoms with Gasteiger partial charge in [-0.3, -0.25) is 9.39 Å². The monoisotopic (exact) mass is 338 g/mol. The fraction of sp³-hybridized carbons (Fsp3) is 0.278. The van der Waals surface area contributed by atoms with E-state index in [2.05, 4.69) is 31.9 Å². The lowest BCUT2D eigenvalue weighted by molar-refractivity contribution is 0.411. The van der Waals surface area contributed by atoms with Gasteiger partial charge in [0.2, 0.25) is 0 Å². The Morgan fingerprint density at radius 3 is 2.76 bits per heavy atom. The Morgan fingerprint density at radius 1 is 1.16 bits per heavy atom. The minimum absolute atomic E-state index is 0.534. The zero-order valence-electron chi connectivity index (χ0n) is 14.7. The fourth-order valence-electron chi connectivity index (χ4n) is 2.63. The lowest BCUT2D eigenvalue weighted by Crippen LogP contribution is -2.36. The molecule has 7 heteroatoms. The number of pyridine rings is 1. The van der Waals surface area contributed by atoms with Crippen LogP contribution in [0.15, 0.2) is 47.6 Å². The summed E-state index contributed by atoms with van der Waals surface area (Å²) < 4.78 is 7.24. The van der Waals surface area contributed by atoms with Gasteiger partial charge in [0.1, 0.15) is 5.75 Å². The number of aliphatic imine (C=N–C) groups is 1. The predicted molar refractivity (Wildman–Crippen MR) is 97.8 cm³/mol. The number of hydrogen-bond acceptors (Lipinski definition) is 4. The number of aromatic nitrogens is 3. The molecule has 0 aliphatic rings. The summed E-state index contributed by atoms with van der Waals surface area (Å²) in [6.45, 7) is 3.24. The average Bonchev–Trinajstić information content (AvgIpc) is 3.05. The second-order valence-corrected chi connectivity index (χ2v) is 5.63. The van der Waals surface area contributed by atoms with Crippen LogP contribution in [0.2, 0.25) is 0 Å². The van der Waals surface area contributed by atoms with E-state index in [-0.39, 0.29) is 0 Å². The summed E-state index contributed by atoms with van der Waals surface area (Å²) in [6, 6.07) is 11.9. The van der Waals surface area contributed by atoms with Gasteiger partial charge in [-0.2, -0.15) is 0 Å². The molecule has 0 spiro atoms. The van der Waals surface area contributed by atoms with Crippen molar-refractivity contribution in [1.29, 1.82) is 0 Å². The third-order valence-electron chi connectivity index (χ3n) is 3.94. The number of methoxy groups -OCH3 is 1. The Hall–Kier alpha value is -3.09. The summed E-state index contributed by atoms with van der Waals surface area (Å²) in [4.78, 5) is 4.25. The first-order chi connectivity index (χ1) is 12.2. The second kappa shape index (κ2) is 7.65. The first-order valence-electron chi connectivity index (χ1n) is 8.08. The van der Waals surface area contributed by atoms with Gasteiger partial charge in [-0.25, -0.2) is 0 Å². The molecule has 3 rings (SSSR count). The molecule has 25 heavy (non-hydrogen) atoms. The van der Waals surface area contributed by atoms with Gasteiger partial charge in [-0.05, 0) is 36.2 Å². The smallest absolute Gasteiger partial charge is 0.191 e. The quantitative estimate of drug-likeness (QED) is 0.549. The standard InChI is InChI=1S/C18H22N6O/c1-13-10-14(7-8-15(13)25-3)11-20-18(19-2)21-12-17-23-22-16-6-4-5-9-24(16)17/h4-10H,11-12H2,1-3H3,(H2,19,20,21). The van der Waals surface area contributed by atoms with Gasteiger partial charge < -0.3 is 15.4 Å². The lowest BCUT2D eigenvalue weighted by Gasteiger charge is -2.12. The first-order valence-corrected chi connectivity index (χ1v) is 8.08. The van der Waals surface area contributed by atoms with Gasteiger partial charge in [0.05, 0.1) is 13.7 Å². The molecule has 7 nitrogen and oxygen atoms in total. The van der Waals surface area contributed by atoms with E-state index >= 15 is 0 Å². The topological polar surface area (TPSA) is 75.8 Å². The number of rotatable bonds is 5. The summed E-state index contributed by atoms with van der Waals surface area (Å²) >= 11 is 0. The van der Waals surface area contributed by atoms with Crippen molar-refractivity contribution in [3.8, 4) is 5.75 Å². The van der Waals surface area contributed by atoms with Crippen LogP contribution >= 0.6 is 0 Å². The maximum atomic E-state index is 5.29. The summed E-state index contributed by atoms with van der Waals surface area (Å²) in [6.07, 6.45) is 1.95. The van der Waals surface area contributed by atoms with Crippen LogP contribution in [0.25, 0.3) is 5.65 Å². The molecule has 0 amide bonds. The number of fused-ring (bicyclic) bond motifs is 1. The van der Waals surface area contributed by atoms with Gasteiger partial charge in [0.25, 0.3) is 0 Å². The molecule has 0 unspecified atom stereocenters. The van der Waals surface area contributed by atoms with E-state index in [1.54, 1.807) is 14.2 Å². The van der Waals surface area contributed by atoms with E-state index in [1.807, 2.05) is 47.9 Å². The summed E-state index contributed by atoms with van der Waals surface area (Å²) in [5, 5.41) is 14.9. The zero-order valence-corrected chi connectivity index (χ0v) is 14.7. The molecule has 0 aliphatic carbocycles. The summed E-state index contributed by atoms with van der Waals surface area (Å²) in [7, 11) is 3.43. The molecule has 3 aromatic rings. The molecule has 0 fully saturated rings. The molecule has 2 N–H and O–H groups in total. The Morgan fingerprint density at radius 2 is 2.00 bits per heavy atom.